The highest BCUT2D eigenvalue weighted by atomic mass is 32.1. The molecule has 1 heterocycles. The quantitative estimate of drug-likeness (QED) is 0.734. The second-order valence-corrected chi connectivity index (χ2v) is 3.51. The number of aliphatic hydroxyl groups is 1. The molecule has 0 aliphatic rings. The van der Waals surface area contributed by atoms with Crippen molar-refractivity contribution in [2.75, 3.05) is 6.61 Å². The van der Waals surface area contributed by atoms with Gasteiger partial charge in [-0.3, -0.25) is 0 Å². The summed E-state index contributed by atoms with van der Waals surface area (Å²) in [4.78, 5) is 1.24. The van der Waals surface area contributed by atoms with E-state index in [9.17, 15) is 0 Å². The fraction of sp³-hybridized carbons (Fsp3) is 0.333. The Bertz CT molecular complexity index is 213. The van der Waals surface area contributed by atoms with Crippen molar-refractivity contribution in [1.82, 2.24) is 0 Å². The van der Waals surface area contributed by atoms with Crippen LogP contribution in [0.2, 0.25) is 0 Å². The van der Waals surface area contributed by atoms with Gasteiger partial charge in [0.2, 0.25) is 0 Å². The minimum absolute atomic E-state index is 0.224. The summed E-state index contributed by atoms with van der Waals surface area (Å²) in [5.41, 5.74) is 0. The summed E-state index contributed by atoms with van der Waals surface area (Å²) in [5, 5.41) is 10.8. The molecule has 0 aliphatic heterocycles. The van der Waals surface area contributed by atoms with Gasteiger partial charge >= 0.3 is 0 Å². The fourth-order valence-corrected chi connectivity index (χ4v) is 1.33. The summed E-state index contributed by atoms with van der Waals surface area (Å²) < 4.78 is 0. The maximum atomic E-state index is 8.72. The lowest BCUT2D eigenvalue weighted by molar-refractivity contribution is 0.262. The fourth-order valence-electron chi connectivity index (χ4n) is 0.706. The van der Waals surface area contributed by atoms with Crippen molar-refractivity contribution in [3.8, 4) is 0 Å². The Morgan fingerprint density at radius 2 is 2.55 bits per heavy atom. The number of rotatable bonds is 3. The van der Waals surface area contributed by atoms with E-state index in [0.29, 0.717) is 0 Å². The lowest BCUT2D eigenvalue weighted by Crippen LogP contribution is -1.94. The van der Waals surface area contributed by atoms with Crippen LogP contribution in [0.25, 0.3) is 6.08 Å². The summed E-state index contributed by atoms with van der Waals surface area (Å²) in [6.45, 7) is 2.21. The summed E-state index contributed by atoms with van der Waals surface area (Å²) in [5.74, 6) is 0.261. The molecule has 1 aromatic rings. The number of aliphatic hydroxyl groups excluding tert-OH is 1. The van der Waals surface area contributed by atoms with E-state index >= 15 is 0 Å². The molecule has 0 saturated carbocycles. The molecule has 0 amide bonds. The smallest absolute Gasteiger partial charge is 0.0491 e. The average Bonchev–Trinajstić information content (AvgIpc) is 2.52. The van der Waals surface area contributed by atoms with Crippen molar-refractivity contribution in [3.63, 3.8) is 0 Å². The predicted octanol–water partition coefficient (Wildman–Crippen LogP) is 2.39. The molecule has 1 nitrogen and oxygen atoms in total. The molecule has 0 aliphatic carbocycles. The molecule has 0 unspecified atom stereocenters. The molecule has 0 radical (unpaired) electrons. The summed E-state index contributed by atoms with van der Waals surface area (Å²) >= 11 is 1.71. The van der Waals surface area contributed by atoms with E-state index in [1.54, 1.807) is 11.3 Å². The van der Waals surface area contributed by atoms with Gasteiger partial charge in [-0.15, -0.1) is 11.3 Å². The van der Waals surface area contributed by atoms with Crippen LogP contribution in [0.1, 0.15) is 11.8 Å². The van der Waals surface area contributed by atoms with E-state index in [2.05, 4.69) is 6.07 Å². The van der Waals surface area contributed by atoms with Crippen LogP contribution in [0.5, 0.6) is 0 Å². The first-order chi connectivity index (χ1) is 5.33. The van der Waals surface area contributed by atoms with Crippen molar-refractivity contribution in [2.45, 2.75) is 6.92 Å². The van der Waals surface area contributed by atoms with Crippen LogP contribution in [-0.2, 0) is 0 Å². The molecule has 1 N–H and O–H groups in total. The van der Waals surface area contributed by atoms with Crippen LogP contribution in [0.4, 0.5) is 0 Å². The minimum atomic E-state index is 0.224. The Balaban J connectivity index is 2.48. The zero-order valence-corrected chi connectivity index (χ0v) is 7.34. The van der Waals surface area contributed by atoms with Gasteiger partial charge in [0.15, 0.2) is 0 Å². The van der Waals surface area contributed by atoms with Crippen molar-refractivity contribution in [3.05, 3.63) is 28.5 Å². The Hall–Kier alpha value is -0.600. The second kappa shape index (κ2) is 4.31. The molecule has 0 fully saturated rings. The van der Waals surface area contributed by atoms with Crippen molar-refractivity contribution in [2.24, 2.45) is 5.92 Å². The first-order valence-electron chi connectivity index (χ1n) is 3.65. The highest BCUT2D eigenvalue weighted by molar-refractivity contribution is 7.10. The number of hydrogen-bond acceptors (Lipinski definition) is 2. The van der Waals surface area contributed by atoms with Crippen LogP contribution in [0.3, 0.4) is 0 Å². The van der Waals surface area contributed by atoms with E-state index in [-0.39, 0.29) is 12.5 Å². The summed E-state index contributed by atoms with van der Waals surface area (Å²) in [6.07, 6.45) is 4.07. The molecule has 11 heavy (non-hydrogen) atoms. The summed E-state index contributed by atoms with van der Waals surface area (Å²) in [6, 6.07) is 4.08. The van der Waals surface area contributed by atoms with E-state index < -0.39 is 0 Å². The molecular formula is C9H12OS. The zero-order valence-electron chi connectivity index (χ0n) is 6.53. The molecule has 1 aromatic heterocycles. The van der Waals surface area contributed by atoms with Crippen LogP contribution in [0.15, 0.2) is 23.6 Å². The number of hydrogen-bond donors (Lipinski definition) is 1. The Kier molecular flexibility index (Phi) is 3.33. The SMILES string of the molecule is C[C@H](/C=C/c1cccs1)CO. The Labute approximate surface area is 71.0 Å². The summed E-state index contributed by atoms with van der Waals surface area (Å²) in [7, 11) is 0. The molecule has 60 valence electrons. The molecule has 2 heteroatoms. The van der Waals surface area contributed by atoms with Gasteiger partial charge in [0.1, 0.15) is 0 Å². The average molecular weight is 168 g/mol. The molecular weight excluding hydrogens is 156 g/mol. The first kappa shape index (κ1) is 8.50. The lowest BCUT2D eigenvalue weighted by atomic mass is 10.2. The largest absolute Gasteiger partial charge is 0.396 e. The van der Waals surface area contributed by atoms with Gasteiger partial charge in [0.05, 0.1) is 0 Å². The lowest BCUT2D eigenvalue weighted by Gasteiger charge is -1.96. The van der Waals surface area contributed by atoms with Gasteiger partial charge in [-0.25, -0.2) is 0 Å². The topological polar surface area (TPSA) is 20.2 Å². The van der Waals surface area contributed by atoms with Crippen molar-refractivity contribution in [1.29, 1.82) is 0 Å². The van der Waals surface area contributed by atoms with E-state index in [4.69, 9.17) is 5.11 Å². The predicted molar refractivity (Wildman–Crippen MR) is 49.6 cm³/mol. The third-order valence-corrected chi connectivity index (χ3v) is 2.26. The van der Waals surface area contributed by atoms with Crippen LogP contribution >= 0.6 is 11.3 Å². The highest BCUT2D eigenvalue weighted by Gasteiger charge is 1.92. The van der Waals surface area contributed by atoms with Gasteiger partial charge in [-0.05, 0) is 23.4 Å². The second-order valence-electron chi connectivity index (χ2n) is 2.53. The van der Waals surface area contributed by atoms with Crippen molar-refractivity contribution >= 4 is 17.4 Å². The third-order valence-electron chi connectivity index (χ3n) is 1.42. The monoisotopic (exact) mass is 168 g/mol. The van der Waals surface area contributed by atoms with Crippen LogP contribution in [0, 0.1) is 5.92 Å². The molecule has 1 atom stereocenters. The normalized spacial score (nSPS) is 14.0. The first-order valence-corrected chi connectivity index (χ1v) is 4.53. The maximum Gasteiger partial charge on any atom is 0.0491 e. The van der Waals surface area contributed by atoms with Crippen LogP contribution < -0.4 is 0 Å². The van der Waals surface area contributed by atoms with E-state index in [0.717, 1.165) is 0 Å². The molecule has 0 spiro atoms. The Morgan fingerprint density at radius 3 is 3.09 bits per heavy atom. The third kappa shape index (κ3) is 2.87. The molecule has 0 saturated heterocycles. The zero-order chi connectivity index (χ0) is 8.10. The maximum absolute atomic E-state index is 8.72. The van der Waals surface area contributed by atoms with Gasteiger partial charge in [0, 0.05) is 11.5 Å². The van der Waals surface area contributed by atoms with Gasteiger partial charge in [-0.1, -0.05) is 19.1 Å². The molecule has 1 rings (SSSR count). The van der Waals surface area contributed by atoms with Crippen molar-refractivity contribution < 1.29 is 5.11 Å². The standard InChI is InChI=1S/C9H12OS/c1-8(7-10)4-5-9-3-2-6-11-9/h2-6,8,10H,7H2,1H3/b5-4+/t8-/m1/s1. The molecule has 0 aromatic carbocycles. The number of thiophene rings is 1. The van der Waals surface area contributed by atoms with E-state index in [1.165, 1.54) is 4.88 Å². The highest BCUT2D eigenvalue weighted by Crippen LogP contribution is 2.11. The van der Waals surface area contributed by atoms with Crippen LogP contribution in [-0.4, -0.2) is 11.7 Å². The van der Waals surface area contributed by atoms with Gasteiger partial charge in [0.25, 0.3) is 0 Å². The van der Waals surface area contributed by atoms with Gasteiger partial charge < -0.3 is 5.11 Å². The van der Waals surface area contributed by atoms with E-state index in [1.807, 2.05) is 30.5 Å². The van der Waals surface area contributed by atoms with Gasteiger partial charge in [-0.2, -0.15) is 0 Å². The molecule has 0 bridgehead atoms. The Morgan fingerprint density at radius 1 is 1.73 bits per heavy atom. The minimum Gasteiger partial charge on any atom is -0.396 e.